The molecule has 1 aromatic carbocycles. The van der Waals surface area contributed by atoms with Crippen molar-refractivity contribution in [1.29, 1.82) is 0 Å². The van der Waals surface area contributed by atoms with Gasteiger partial charge in [-0.1, -0.05) is 18.2 Å². The van der Waals surface area contributed by atoms with E-state index in [2.05, 4.69) is 9.97 Å². The van der Waals surface area contributed by atoms with Crippen molar-refractivity contribution < 1.29 is 36.6 Å². The number of hydrogen-bond donors (Lipinski definition) is 1. The number of likely N-dealkylation sites (tertiary alicyclic amines) is 1. The number of imidazole rings is 1. The van der Waals surface area contributed by atoms with Gasteiger partial charge in [-0.25, -0.2) is 13.8 Å². The van der Waals surface area contributed by atoms with Crippen molar-refractivity contribution in [2.24, 2.45) is 0 Å². The highest BCUT2D eigenvalue weighted by atomic mass is 19.4. The second kappa shape index (κ2) is 11.5. The molecule has 1 aliphatic heterocycles. The zero-order valence-corrected chi connectivity index (χ0v) is 20.7. The second-order valence-electron chi connectivity index (χ2n) is 9.31. The molecule has 1 amide bonds. The monoisotopic (exact) mass is 551 g/mol. The molecule has 0 radical (unpaired) electrons. The molecule has 13 heteroatoms. The minimum Gasteiger partial charge on any atom is -0.481 e. The number of carbonyl (C=O) groups is 2. The predicted molar refractivity (Wildman–Crippen MR) is 132 cm³/mol. The van der Waals surface area contributed by atoms with E-state index in [1.54, 1.807) is 12.1 Å². The van der Waals surface area contributed by atoms with Gasteiger partial charge in [0, 0.05) is 25.2 Å². The number of rotatable bonds is 10. The average Bonchev–Trinajstić information content (AvgIpc) is 3.32. The van der Waals surface area contributed by atoms with Crippen LogP contribution in [-0.2, 0) is 15.8 Å². The molecular weight excluding hydrogens is 525 g/mol. The molecule has 2 aromatic heterocycles. The van der Waals surface area contributed by atoms with E-state index in [0.717, 1.165) is 15.5 Å². The van der Waals surface area contributed by atoms with Gasteiger partial charge in [0.1, 0.15) is 5.69 Å². The third kappa shape index (κ3) is 6.77. The number of carboxylic acids is 1. The van der Waals surface area contributed by atoms with Gasteiger partial charge in [0.05, 0.1) is 30.4 Å². The first-order valence-electron chi connectivity index (χ1n) is 12.2. The highest BCUT2D eigenvalue weighted by molar-refractivity contribution is 5.78. The van der Waals surface area contributed by atoms with Crippen LogP contribution >= 0.6 is 0 Å². The molecule has 39 heavy (non-hydrogen) atoms. The minimum atomic E-state index is -4.70. The summed E-state index contributed by atoms with van der Waals surface area (Å²) in [7, 11) is 0. The Bertz CT molecular complexity index is 1300. The summed E-state index contributed by atoms with van der Waals surface area (Å²) in [6.45, 7) is 0.0340. The number of nitrogens with zero attached hydrogens (tertiary/aromatic N) is 5. The SMILES string of the molecule is O=CN(c1cn(-c2ccccc2C(F)(F)F)c(-c2ccccn2)n1)[C@@H](CCN1CCCC(F)(F)C1)CC(=O)O. The first kappa shape index (κ1) is 28.1. The second-order valence-corrected chi connectivity index (χ2v) is 9.31. The highest BCUT2D eigenvalue weighted by Crippen LogP contribution is 2.36. The number of piperidine rings is 1. The summed E-state index contributed by atoms with van der Waals surface area (Å²) in [5.74, 6) is -4.19. The summed E-state index contributed by atoms with van der Waals surface area (Å²) in [6.07, 6.45) is -2.13. The quantitative estimate of drug-likeness (QED) is 0.285. The summed E-state index contributed by atoms with van der Waals surface area (Å²) in [5, 5.41) is 9.50. The van der Waals surface area contributed by atoms with Crippen molar-refractivity contribution in [2.75, 3.05) is 24.5 Å². The van der Waals surface area contributed by atoms with Crippen LogP contribution in [0.2, 0.25) is 0 Å². The van der Waals surface area contributed by atoms with Gasteiger partial charge < -0.3 is 5.11 Å². The molecule has 4 rings (SSSR count). The van der Waals surface area contributed by atoms with Gasteiger partial charge in [0.2, 0.25) is 6.41 Å². The summed E-state index contributed by atoms with van der Waals surface area (Å²) in [6, 6.07) is 8.61. The molecule has 0 spiro atoms. The molecule has 0 bridgehead atoms. The van der Waals surface area contributed by atoms with Crippen molar-refractivity contribution in [1.82, 2.24) is 19.4 Å². The Hall–Kier alpha value is -3.87. The van der Waals surface area contributed by atoms with Crippen LogP contribution in [0.3, 0.4) is 0 Å². The number of aliphatic carboxylic acids is 1. The number of hydrogen-bond acceptors (Lipinski definition) is 5. The molecule has 208 valence electrons. The van der Waals surface area contributed by atoms with Gasteiger partial charge in [0.15, 0.2) is 11.6 Å². The number of aromatic nitrogens is 3. The number of pyridine rings is 1. The fourth-order valence-electron chi connectivity index (χ4n) is 4.71. The summed E-state index contributed by atoms with van der Waals surface area (Å²) in [5.41, 5.74) is -0.991. The third-order valence-corrected chi connectivity index (χ3v) is 6.49. The van der Waals surface area contributed by atoms with Crippen molar-refractivity contribution >= 4 is 18.2 Å². The maximum atomic E-state index is 13.9. The number of anilines is 1. The Kier molecular flexibility index (Phi) is 8.28. The van der Waals surface area contributed by atoms with E-state index in [4.69, 9.17) is 0 Å². The summed E-state index contributed by atoms with van der Waals surface area (Å²) in [4.78, 5) is 35.0. The average molecular weight is 552 g/mol. The van der Waals surface area contributed by atoms with Gasteiger partial charge >= 0.3 is 12.1 Å². The fraction of sp³-hybridized carbons (Fsp3) is 0.385. The van der Waals surface area contributed by atoms with Crippen molar-refractivity contribution in [3.63, 3.8) is 0 Å². The Labute approximate surface area is 220 Å². The van der Waals surface area contributed by atoms with Gasteiger partial charge in [-0.15, -0.1) is 0 Å². The van der Waals surface area contributed by atoms with E-state index < -0.39 is 42.6 Å². The number of carbonyl (C=O) groups excluding carboxylic acids is 1. The van der Waals surface area contributed by atoms with E-state index in [9.17, 15) is 36.6 Å². The van der Waals surface area contributed by atoms with Crippen LogP contribution in [0, 0.1) is 0 Å². The van der Waals surface area contributed by atoms with E-state index in [-0.39, 0.29) is 48.8 Å². The molecule has 1 aliphatic rings. The molecule has 3 aromatic rings. The molecule has 1 atom stereocenters. The van der Waals surface area contributed by atoms with E-state index in [1.165, 1.54) is 41.6 Å². The molecule has 1 N–H and O–H groups in total. The molecule has 8 nitrogen and oxygen atoms in total. The molecule has 0 unspecified atom stereocenters. The Morgan fingerprint density at radius 1 is 1.18 bits per heavy atom. The van der Waals surface area contributed by atoms with Crippen LogP contribution in [0.25, 0.3) is 17.2 Å². The largest absolute Gasteiger partial charge is 0.481 e. The van der Waals surface area contributed by atoms with Gasteiger partial charge in [-0.2, -0.15) is 13.2 Å². The smallest absolute Gasteiger partial charge is 0.418 e. The van der Waals surface area contributed by atoms with Gasteiger partial charge in [-0.3, -0.25) is 28.9 Å². The summed E-state index contributed by atoms with van der Waals surface area (Å²) < 4.78 is 70.5. The van der Waals surface area contributed by atoms with Gasteiger partial charge in [-0.05, 0) is 43.7 Å². The standard InChI is InChI=1S/C26H26F5N5O3/c27-25(28)10-5-12-34(16-25)13-9-18(14-23(38)39)36(17-37)22-15-35(24(33-22)20-7-3-4-11-32-20)21-8-2-1-6-19(21)26(29,30)31/h1-4,6-8,11,15,17-18H,5,9-10,12-14,16H2,(H,38,39)/t18-/m0/s1. The minimum absolute atomic E-state index is 0.00102. The van der Waals surface area contributed by atoms with E-state index in [0.29, 0.717) is 13.0 Å². The third-order valence-electron chi connectivity index (χ3n) is 6.49. The van der Waals surface area contributed by atoms with E-state index >= 15 is 0 Å². The summed E-state index contributed by atoms with van der Waals surface area (Å²) >= 11 is 0. The molecule has 3 heterocycles. The first-order chi connectivity index (χ1) is 18.5. The number of para-hydroxylation sites is 1. The van der Waals surface area contributed by atoms with Crippen molar-refractivity contribution in [2.45, 2.75) is 43.8 Å². The van der Waals surface area contributed by atoms with E-state index in [1.807, 2.05) is 0 Å². The van der Waals surface area contributed by atoms with Crippen LogP contribution in [0.5, 0.6) is 0 Å². The maximum absolute atomic E-state index is 13.9. The normalized spacial score (nSPS) is 16.5. The predicted octanol–water partition coefficient (Wildman–Crippen LogP) is 4.88. The number of halogens is 5. The lowest BCUT2D eigenvalue weighted by molar-refractivity contribution is -0.138. The number of carboxylic acid groups (broad SMARTS) is 1. The van der Waals surface area contributed by atoms with Crippen molar-refractivity contribution in [3.05, 3.63) is 60.4 Å². The lowest BCUT2D eigenvalue weighted by Gasteiger charge is -2.34. The lowest BCUT2D eigenvalue weighted by atomic mass is 10.0. The zero-order valence-electron chi connectivity index (χ0n) is 20.7. The van der Waals surface area contributed by atoms with Crippen molar-refractivity contribution in [3.8, 4) is 17.2 Å². The maximum Gasteiger partial charge on any atom is 0.418 e. The lowest BCUT2D eigenvalue weighted by Crippen LogP contribution is -2.45. The number of alkyl halides is 5. The molecular formula is C26H26F5N5O3. The molecule has 1 fully saturated rings. The molecule has 0 saturated carbocycles. The number of benzene rings is 1. The Morgan fingerprint density at radius 2 is 1.92 bits per heavy atom. The van der Waals surface area contributed by atoms with Crippen LogP contribution < -0.4 is 4.90 Å². The number of amides is 1. The van der Waals surface area contributed by atoms with Crippen LogP contribution in [0.15, 0.2) is 54.9 Å². The zero-order chi connectivity index (χ0) is 28.2. The topological polar surface area (TPSA) is 91.6 Å². The Morgan fingerprint density at radius 3 is 2.56 bits per heavy atom. The van der Waals surface area contributed by atoms with Crippen LogP contribution in [-0.4, -0.2) is 68.5 Å². The van der Waals surface area contributed by atoms with Crippen LogP contribution in [0.4, 0.5) is 27.8 Å². The first-order valence-corrected chi connectivity index (χ1v) is 12.2. The Balaban J connectivity index is 1.74. The highest BCUT2D eigenvalue weighted by Gasteiger charge is 2.37. The fourth-order valence-corrected chi connectivity index (χ4v) is 4.71. The molecule has 0 aliphatic carbocycles. The van der Waals surface area contributed by atoms with Gasteiger partial charge in [0.25, 0.3) is 5.92 Å². The molecule has 1 saturated heterocycles. The van der Waals surface area contributed by atoms with Crippen LogP contribution in [0.1, 0.15) is 31.2 Å².